The highest BCUT2D eigenvalue weighted by atomic mass is 16.3. The fourth-order valence-electron chi connectivity index (χ4n) is 1.13. The Labute approximate surface area is 69.4 Å². The lowest BCUT2D eigenvalue weighted by Crippen LogP contribution is -1.81. The summed E-state index contributed by atoms with van der Waals surface area (Å²) in [4.78, 5) is 9.69. The lowest BCUT2D eigenvalue weighted by molar-refractivity contribution is 0.592. The van der Waals surface area contributed by atoms with Gasteiger partial charge in [0.1, 0.15) is 0 Å². The molecule has 2 heteroatoms. The average molecular weight is 157 g/mol. The molecule has 0 heterocycles. The van der Waals surface area contributed by atoms with Gasteiger partial charge in [0, 0.05) is 0 Å². The summed E-state index contributed by atoms with van der Waals surface area (Å²) >= 11 is 0. The van der Waals surface area contributed by atoms with Gasteiger partial charge in [-0.15, -0.1) is 0 Å². The lowest BCUT2D eigenvalue weighted by Gasteiger charge is -1.97. The van der Waals surface area contributed by atoms with Crippen molar-refractivity contribution in [3.63, 3.8) is 0 Å². The third kappa shape index (κ3) is 9.60. The predicted octanol–water partition coefficient (Wildman–Crippen LogP) is 3.50. The van der Waals surface area contributed by atoms with Gasteiger partial charge in [0.15, 0.2) is 0 Å². The van der Waals surface area contributed by atoms with E-state index in [4.69, 9.17) is 0 Å². The Hall–Kier alpha value is -0.400. The molecule has 0 aliphatic heterocycles. The number of hydrogen-bond acceptors (Lipinski definition) is 2. The van der Waals surface area contributed by atoms with E-state index < -0.39 is 0 Å². The largest absolute Gasteiger partial charge is 0.151 e. The SMILES string of the molecule is CCCCCCCCCN=O. The molecule has 11 heavy (non-hydrogen) atoms. The zero-order valence-corrected chi connectivity index (χ0v) is 7.51. The molecule has 0 saturated carbocycles. The lowest BCUT2D eigenvalue weighted by atomic mass is 10.1. The molecule has 0 saturated heterocycles. The smallest absolute Gasteiger partial charge is 0.0811 e. The molecule has 0 N–H and O–H groups in total. The monoisotopic (exact) mass is 157 g/mol. The van der Waals surface area contributed by atoms with E-state index in [0.29, 0.717) is 6.54 Å². The van der Waals surface area contributed by atoms with Crippen LogP contribution in [0.25, 0.3) is 0 Å². The Bertz CT molecular complexity index is 83.6. The third-order valence-corrected chi connectivity index (χ3v) is 1.85. The van der Waals surface area contributed by atoms with E-state index in [1.54, 1.807) is 0 Å². The van der Waals surface area contributed by atoms with Crippen LogP contribution in [0.4, 0.5) is 0 Å². The van der Waals surface area contributed by atoms with Crippen molar-refractivity contribution in [1.82, 2.24) is 0 Å². The van der Waals surface area contributed by atoms with Crippen molar-refractivity contribution in [1.29, 1.82) is 0 Å². The highest BCUT2D eigenvalue weighted by molar-refractivity contribution is 4.46. The van der Waals surface area contributed by atoms with Crippen LogP contribution in [0.15, 0.2) is 5.18 Å². The van der Waals surface area contributed by atoms with E-state index in [1.807, 2.05) is 0 Å². The van der Waals surface area contributed by atoms with Crippen molar-refractivity contribution in [2.45, 2.75) is 51.9 Å². The van der Waals surface area contributed by atoms with Crippen LogP contribution in [-0.4, -0.2) is 6.54 Å². The molecule has 0 aromatic heterocycles. The second-order valence-corrected chi connectivity index (χ2v) is 2.97. The summed E-state index contributed by atoms with van der Waals surface area (Å²) in [5.41, 5.74) is 0. The van der Waals surface area contributed by atoms with E-state index in [1.165, 1.54) is 38.5 Å². The number of nitroso groups, excluding NO2 is 1. The topological polar surface area (TPSA) is 29.4 Å². The average Bonchev–Trinajstić information content (AvgIpc) is 2.03. The fraction of sp³-hybridized carbons (Fsp3) is 1.00. The Balaban J connectivity index is 2.74. The van der Waals surface area contributed by atoms with Gasteiger partial charge in [-0.1, -0.05) is 50.6 Å². The van der Waals surface area contributed by atoms with Crippen molar-refractivity contribution >= 4 is 0 Å². The summed E-state index contributed by atoms with van der Waals surface area (Å²) in [6.07, 6.45) is 8.76. The van der Waals surface area contributed by atoms with Crippen LogP contribution in [0.1, 0.15) is 51.9 Å². The van der Waals surface area contributed by atoms with Crippen LogP contribution in [0.3, 0.4) is 0 Å². The number of nitrogens with zero attached hydrogens (tertiary/aromatic N) is 1. The molecule has 0 radical (unpaired) electrons. The number of unbranched alkanes of at least 4 members (excludes halogenated alkanes) is 6. The molecular weight excluding hydrogens is 138 g/mol. The second-order valence-electron chi connectivity index (χ2n) is 2.97. The summed E-state index contributed by atoms with van der Waals surface area (Å²) in [6.45, 7) is 2.73. The maximum atomic E-state index is 9.69. The van der Waals surface area contributed by atoms with Gasteiger partial charge in [-0.2, -0.15) is 4.91 Å². The van der Waals surface area contributed by atoms with Crippen LogP contribution < -0.4 is 0 Å². The molecule has 0 fully saturated rings. The second kappa shape index (κ2) is 9.60. The van der Waals surface area contributed by atoms with E-state index in [9.17, 15) is 4.91 Å². The van der Waals surface area contributed by atoms with Crippen LogP contribution in [0.2, 0.25) is 0 Å². The zero-order chi connectivity index (χ0) is 8.36. The van der Waals surface area contributed by atoms with Gasteiger partial charge in [-0.25, -0.2) is 0 Å². The van der Waals surface area contributed by atoms with Crippen molar-refractivity contribution in [3.8, 4) is 0 Å². The van der Waals surface area contributed by atoms with Crippen LogP contribution in [0, 0.1) is 4.91 Å². The van der Waals surface area contributed by atoms with Crippen molar-refractivity contribution < 1.29 is 0 Å². The van der Waals surface area contributed by atoms with Crippen molar-refractivity contribution in [2.75, 3.05) is 6.54 Å². The summed E-state index contributed by atoms with van der Waals surface area (Å²) in [5, 5.41) is 2.82. The van der Waals surface area contributed by atoms with Crippen LogP contribution in [0.5, 0.6) is 0 Å². The minimum Gasteiger partial charge on any atom is -0.151 e. The first-order valence-electron chi connectivity index (χ1n) is 4.71. The minimum atomic E-state index is 0.508. The van der Waals surface area contributed by atoms with Gasteiger partial charge in [-0.05, 0) is 6.42 Å². The minimum absolute atomic E-state index is 0.508. The summed E-state index contributed by atoms with van der Waals surface area (Å²) in [5.74, 6) is 0. The van der Waals surface area contributed by atoms with E-state index >= 15 is 0 Å². The fourth-order valence-corrected chi connectivity index (χ4v) is 1.13. The molecule has 0 spiro atoms. The summed E-state index contributed by atoms with van der Waals surface area (Å²) in [7, 11) is 0. The van der Waals surface area contributed by atoms with Crippen molar-refractivity contribution in [3.05, 3.63) is 4.91 Å². The van der Waals surface area contributed by atoms with Gasteiger partial charge >= 0.3 is 0 Å². The number of rotatable bonds is 8. The normalized spacial score (nSPS) is 9.91. The first kappa shape index (κ1) is 10.6. The molecule has 0 rings (SSSR count). The molecule has 0 amide bonds. The zero-order valence-electron chi connectivity index (χ0n) is 7.51. The molecule has 0 aliphatic rings. The molecule has 2 nitrogen and oxygen atoms in total. The van der Waals surface area contributed by atoms with Gasteiger partial charge in [0.05, 0.1) is 6.54 Å². The summed E-state index contributed by atoms with van der Waals surface area (Å²) < 4.78 is 0. The molecule has 66 valence electrons. The Morgan fingerprint density at radius 1 is 0.909 bits per heavy atom. The highest BCUT2D eigenvalue weighted by Gasteiger charge is 1.89. The molecular formula is C9H19NO. The van der Waals surface area contributed by atoms with E-state index in [2.05, 4.69) is 12.1 Å². The van der Waals surface area contributed by atoms with Gasteiger partial charge in [0.25, 0.3) is 0 Å². The molecule has 0 aliphatic carbocycles. The van der Waals surface area contributed by atoms with E-state index in [-0.39, 0.29) is 0 Å². The highest BCUT2D eigenvalue weighted by Crippen LogP contribution is 2.06. The van der Waals surface area contributed by atoms with Gasteiger partial charge in [-0.3, -0.25) is 0 Å². The first-order valence-corrected chi connectivity index (χ1v) is 4.71. The predicted molar refractivity (Wildman–Crippen MR) is 48.7 cm³/mol. The Morgan fingerprint density at radius 2 is 1.45 bits per heavy atom. The van der Waals surface area contributed by atoms with Gasteiger partial charge in [0.2, 0.25) is 0 Å². The van der Waals surface area contributed by atoms with Gasteiger partial charge < -0.3 is 0 Å². The summed E-state index contributed by atoms with van der Waals surface area (Å²) in [6, 6.07) is 0. The quantitative estimate of drug-likeness (QED) is 0.391. The Morgan fingerprint density at radius 3 is 2.00 bits per heavy atom. The first-order chi connectivity index (χ1) is 5.41. The van der Waals surface area contributed by atoms with Crippen LogP contribution in [-0.2, 0) is 0 Å². The number of hydrogen-bond donors (Lipinski definition) is 0. The van der Waals surface area contributed by atoms with Crippen molar-refractivity contribution in [2.24, 2.45) is 5.18 Å². The van der Waals surface area contributed by atoms with E-state index in [0.717, 1.165) is 6.42 Å². The molecule has 0 aromatic rings. The standard InChI is InChI=1S/C9H19NO/c1-2-3-4-5-6-7-8-9-10-11/h2-9H2,1H3. The maximum Gasteiger partial charge on any atom is 0.0811 e. The third-order valence-electron chi connectivity index (χ3n) is 1.85. The Kier molecular flexibility index (Phi) is 9.25. The molecule has 0 unspecified atom stereocenters. The molecule has 0 aromatic carbocycles. The molecule has 0 bridgehead atoms. The van der Waals surface area contributed by atoms with Crippen LogP contribution >= 0.6 is 0 Å². The molecule has 0 atom stereocenters. The maximum absolute atomic E-state index is 9.69.